The molecule has 0 saturated heterocycles. The van der Waals surface area contributed by atoms with Crippen LogP contribution in [0.5, 0.6) is 0 Å². The van der Waals surface area contributed by atoms with Crippen molar-refractivity contribution >= 4 is 16.6 Å². The smallest absolute Gasteiger partial charge is 0.161 e. The highest BCUT2D eigenvalue weighted by molar-refractivity contribution is 6.06. The van der Waals surface area contributed by atoms with E-state index in [9.17, 15) is 4.79 Å². The van der Waals surface area contributed by atoms with E-state index >= 15 is 0 Å². The first-order valence-electron chi connectivity index (χ1n) is 6.95. The molecule has 2 nitrogen and oxygen atoms in total. The van der Waals surface area contributed by atoms with Gasteiger partial charge in [0.25, 0.3) is 0 Å². The van der Waals surface area contributed by atoms with E-state index in [0.717, 1.165) is 10.8 Å². The molecule has 0 unspecified atom stereocenters. The van der Waals surface area contributed by atoms with E-state index in [-0.39, 0.29) is 5.78 Å². The number of Topliss-reactive ketones (excluding diaryl/α,β-unsaturated/α-hetero) is 1. The molecule has 3 rings (SSSR count). The van der Waals surface area contributed by atoms with Crippen LogP contribution in [-0.4, -0.2) is 10.8 Å². The second kappa shape index (κ2) is 6.80. The van der Waals surface area contributed by atoms with Gasteiger partial charge < -0.3 is 0 Å². The highest BCUT2D eigenvalue weighted by Crippen LogP contribution is 2.16. The van der Waals surface area contributed by atoms with Gasteiger partial charge in [0, 0.05) is 23.3 Å². The van der Waals surface area contributed by atoms with E-state index in [1.54, 1.807) is 19.3 Å². The molecule has 0 atom stereocenters. The van der Waals surface area contributed by atoms with Crippen LogP contribution in [0.4, 0.5) is 0 Å². The molecule has 3 aromatic rings. The summed E-state index contributed by atoms with van der Waals surface area (Å²) in [5.74, 6) is 0.0595. The topological polar surface area (TPSA) is 30.0 Å². The van der Waals surface area contributed by atoms with Gasteiger partial charge in [-0.1, -0.05) is 48.5 Å². The zero-order valence-electron chi connectivity index (χ0n) is 12.6. The Bertz CT molecular complexity index is 736. The van der Waals surface area contributed by atoms with Gasteiger partial charge in [-0.3, -0.25) is 9.78 Å². The third-order valence-corrected chi connectivity index (χ3v) is 3.47. The zero-order valence-corrected chi connectivity index (χ0v) is 12.6. The number of carbonyl (C=O) groups is 1. The van der Waals surface area contributed by atoms with E-state index in [0.29, 0.717) is 5.56 Å². The molecule has 2 aromatic carbocycles. The summed E-state index contributed by atoms with van der Waals surface area (Å²) in [6.45, 7) is 5.80. The second-order valence-corrected chi connectivity index (χ2v) is 5.05. The molecule has 0 spiro atoms. The SMILES string of the molecule is CC(=O)c1cncc2ccccc12.Cc1ccccc1C. The van der Waals surface area contributed by atoms with Crippen molar-refractivity contribution < 1.29 is 4.79 Å². The molecule has 0 radical (unpaired) electrons. The van der Waals surface area contributed by atoms with Crippen LogP contribution in [0, 0.1) is 13.8 Å². The molecule has 0 amide bonds. The molecule has 0 N–H and O–H groups in total. The highest BCUT2D eigenvalue weighted by Gasteiger charge is 2.04. The van der Waals surface area contributed by atoms with E-state index < -0.39 is 0 Å². The highest BCUT2D eigenvalue weighted by atomic mass is 16.1. The summed E-state index contributed by atoms with van der Waals surface area (Å²) in [6, 6.07) is 16.1. The summed E-state index contributed by atoms with van der Waals surface area (Å²) in [5, 5.41) is 1.99. The number of aryl methyl sites for hydroxylation is 2. The minimum Gasteiger partial charge on any atom is -0.294 e. The lowest BCUT2D eigenvalue weighted by Crippen LogP contribution is -1.94. The third-order valence-electron chi connectivity index (χ3n) is 3.47. The molecule has 106 valence electrons. The largest absolute Gasteiger partial charge is 0.294 e. The predicted octanol–water partition coefficient (Wildman–Crippen LogP) is 4.74. The number of carbonyl (C=O) groups excluding carboxylic acids is 1. The summed E-state index contributed by atoms with van der Waals surface area (Å²) < 4.78 is 0. The van der Waals surface area contributed by atoms with E-state index in [2.05, 4.69) is 43.1 Å². The Morgan fingerprint density at radius 3 is 2.00 bits per heavy atom. The molecule has 21 heavy (non-hydrogen) atoms. The van der Waals surface area contributed by atoms with Crippen molar-refractivity contribution in [2.75, 3.05) is 0 Å². The van der Waals surface area contributed by atoms with Crippen molar-refractivity contribution in [3.63, 3.8) is 0 Å². The Kier molecular flexibility index (Phi) is 4.83. The summed E-state index contributed by atoms with van der Waals surface area (Å²) in [5.41, 5.74) is 3.43. The van der Waals surface area contributed by atoms with Crippen LogP contribution >= 0.6 is 0 Å². The fourth-order valence-corrected chi connectivity index (χ4v) is 2.06. The summed E-state index contributed by atoms with van der Waals surface area (Å²) in [4.78, 5) is 15.2. The Morgan fingerprint density at radius 1 is 0.857 bits per heavy atom. The van der Waals surface area contributed by atoms with Gasteiger partial charge in [0.15, 0.2) is 5.78 Å². The maximum atomic E-state index is 11.2. The van der Waals surface area contributed by atoms with Crippen molar-refractivity contribution in [1.29, 1.82) is 0 Å². The van der Waals surface area contributed by atoms with E-state index in [1.807, 2.05) is 24.3 Å². The van der Waals surface area contributed by atoms with E-state index in [1.165, 1.54) is 11.1 Å². The van der Waals surface area contributed by atoms with Crippen molar-refractivity contribution in [3.05, 3.63) is 77.6 Å². The minimum atomic E-state index is 0.0595. The molecule has 0 fully saturated rings. The lowest BCUT2D eigenvalue weighted by molar-refractivity contribution is 0.101. The molecule has 1 aromatic heterocycles. The Morgan fingerprint density at radius 2 is 1.43 bits per heavy atom. The summed E-state index contributed by atoms with van der Waals surface area (Å²) >= 11 is 0. The van der Waals surface area contributed by atoms with Crippen molar-refractivity contribution in [2.24, 2.45) is 0 Å². The number of pyridine rings is 1. The number of hydrogen-bond donors (Lipinski definition) is 0. The Balaban J connectivity index is 0.000000173. The maximum Gasteiger partial charge on any atom is 0.161 e. The first-order valence-corrected chi connectivity index (χ1v) is 6.95. The van der Waals surface area contributed by atoms with Crippen LogP contribution in [0.25, 0.3) is 10.8 Å². The molecule has 0 aliphatic carbocycles. The number of ketones is 1. The van der Waals surface area contributed by atoms with Gasteiger partial charge in [-0.2, -0.15) is 0 Å². The second-order valence-electron chi connectivity index (χ2n) is 5.05. The molecule has 0 bridgehead atoms. The summed E-state index contributed by atoms with van der Waals surface area (Å²) in [6.07, 6.45) is 3.38. The first kappa shape index (κ1) is 14.9. The van der Waals surface area contributed by atoms with Gasteiger partial charge in [-0.25, -0.2) is 0 Å². The maximum absolute atomic E-state index is 11.2. The summed E-state index contributed by atoms with van der Waals surface area (Å²) in [7, 11) is 0. The predicted molar refractivity (Wildman–Crippen MR) is 87.7 cm³/mol. The Hall–Kier alpha value is -2.48. The van der Waals surface area contributed by atoms with Crippen LogP contribution in [0.3, 0.4) is 0 Å². The number of hydrogen-bond acceptors (Lipinski definition) is 2. The third kappa shape index (κ3) is 3.76. The fraction of sp³-hybridized carbons (Fsp3) is 0.158. The lowest BCUT2D eigenvalue weighted by atomic mass is 10.1. The van der Waals surface area contributed by atoms with Gasteiger partial charge in [0.2, 0.25) is 0 Å². The van der Waals surface area contributed by atoms with Crippen LogP contribution in [0.1, 0.15) is 28.4 Å². The monoisotopic (exact) mass is 277 g/mol. The van der Waals surface area contributed by atoms with E-state index in [4.69, 9.17) is 0 Å². The molecule has 0 saturated carbocycles. The first-order chi connectivity index (χ1) is 10.1. The van der Waals surface area contributed by atoms with Gasteiger partial charge >= 0.3 is 0 Å². The molecular formula is C19H19NO. The van der Waals surface area contributed by atoms with Crippen molar-refractivity contribution in [2.45, 2.75) is 20.8 Å². The molecule has 1 heterocycles. The number of fused-ring (bicyclic) bond motifs is 1. The molecule has 0 aliphatic heterocycles. The van der Waals surface area contributed by atoms with Gasteiger partial charge in [0.1, 0.15) is 0 Å². The Labute approximate surface area is 125 Å². The minimum absolute atomic E-state index is 0.0595. The normalized spacial score (nSPS) is 9.86. The quantitative estimate of drug-likeness (QED) is 0.601. The molecule has 0 aliphatic rings. The lowest BCUT2D eigenvalue weighted by Gasteiger charge is -2.00. The number of benzene rings is 2. The number of rotatable bonds is 1. The standard InChI is InChI=1S/C11H9NO.C8H10/c1-8(13)11-7-12-6-9-4-2-3-5-10(9)11;1-7-5-3-4-6-8(7)2/h2-7H,1H3;3-6H,1-2H3. The fourth-order valence-electron chi connectivity index (χ4n) is 2.06. The number of aromatic nitrogens is 1. The van der Waals surface area contributed by atoms with Crippen molar-refractivity contribution in [1.82, 2.24) is 4.98 Å². The van der Waals surface area contributed by atoms with Crippen LogP contribution in [0.15, 0.2) is 60.9 Å². The van der Waals surface area contributed by atoms with Crippen LogP contribution < -0.4 is 0 Å². The van der Waals surface area contributed by atoms with Crippen LogP contribution in [0.2, 0.25) is 0 Å². The van der Waals surface area contributed by atoms with Gasteiger partial charge in [0.05, 0.1) is 0 Å². The van der Waals surface area contributed by atoms with Crippen molar-refractivity contribution in [3.8, 4) is 0 Å². The molecule has 2 heteroatoms. The van der Waals surface area contributed by atoms with Gasteiger partial charge in [-0.05, 0) is 37.3 Å². The number of nitrogens with zero attached hydrogens (tertiary/aromatic N) is 1. The zero-order chi connectivity index (χ0) is 15.2. The average molecular weight is 277 g/mol. The average Bonchev–Trinajstić information content (AvgIpc) is 2.50. The van der Waals surface area contributed by atoms with Crippen LogP contribution in [-0.2, 0) is 0 Å². The van der Waals surface area contributed by atoms with Gasteiger partial charge in [-0.15, -0.1) is 0 Å². The molecular weight excluding hydrogens is 258 g/mol.